The second-order valence-corrected chi connectivity index (χ2v) is 10.4. The van der Waals surface area contributed by atoms with Crippen molar-refractivity contribution in [2.75, 3.05) is 32.8 Å². The van der Waals surface area contributed by atoms with E-state index in [9.17, 15) is 13.2 Å². The molecule has 4 rings (SSSR count). The number of nitrogens with one attached hydrogen (secondary N) is 2. The lowest BCUT2D eigenvalue weighted by Crippen LogP contribution is -2.44. The van der Waals surface area contributed by atoms with Crippen LogP contribution >= 0.6 is 0 Å². The van der Waals surface area contributed by atoms with Gasteiger partial charge in [0.25, 0.3) is 0 Å². The number of ether oxygens (including phenoxy) is 5. The number of anilines is 1. The van der Waals surface area contributed by atoms with Gasteiger partial charge >= 0.3 is 6.09 Å². The van der Waals surface area contributed by atoms with Gasteiger partial charge in [-0.1, -0.05) is 26.0 Å². The molecule has 2 N–H and O–H groups in total. The predicted octanol–water partition coefficient (Wildman–Crippen LogP) is 2.89. The van der Waals surface area contributed by atoms with Crippen LogP contribution < -0.4 is 19.5 Å². The van der Waals surface area contributed by atoms with Crippen molar-refractivity contribution in [3.05, 3.63) is 48.0 Å². The number of hydrogen-bond acceptors (Lipinski definition) is 8. The van der Waals surface area contributed by atoms with Crippen LogP contribution in [0.1, 0.15) is 25.3 Å². The molecular formula is C24H30N2O8S. The molecule has 2 aromatic rings. The average Bonchev–Trinajstić information content (AvgIpc) is 3.42. The summed E-state index contributed by atoms with van der Waals surface area (Å²) in [6.07, 6.45) is -2.51. The Morgan fingerprint density at radius 2 is 1.71 bits per heavy atom. The van der Waals surface area contributed by atoms with Crippen molar-refractivity contribution in [1.29, 1.82) is 0 Å². The zero-order valence-electron chi connectivity index (χ0n) is 20.0. The van der Waals surface area contributed by atoms with Crippen LogP contribution in [0.25, 0.3) is 0 Å². The Balaban J connectivity index is 1.38. The van der Waals surface area contributed by atoms with Crippen molar-refractivity contribution in [2.24, 2.45) is 0 Å². The molecule has 0 spiro atoms. The van der Waals surface area contributed by atoms with Crippen molar-refractivity contribution >= 4 is 21.8 Å². The van der Waals surface area contributed by atoms with Crippen molar-refractivity contribution in [1.82, 2.24) is 4.72 Å². The van der Waals surface area contributed by atoms with Crippen LogP contribution in [0.3, 0.4) is 0 Å². The molecule has 0 radical (unpaired) electrons. The first-order valence-corrected chi connectivity index (χ1v) is 12.8. The standard InChI is InChI=1S/C24H30N2O8S/c1-14(2)15-5-7-16(8-6-15)25-24(27)34-20-13-33-22-18(12-32-23(20)22)26-35(28,29)21-11-17(30-3)9-10-19(21)31-4/h5-11,14,18,20,22-23,26H,12-13H2,1-4H3,(H,25,27)/t18-,20+,22+,23+/m0/s1. The summed E-state index contributed by atoms with van der Waals surface area (Å²) in [5.41, 5.74) is 1.77. The molecule has 0 saturated carbocycles. The number of carbonyl (C=O) groups is 1. The highest BCUT2D eigenvalue weighted by Gasteiger charge is 2.50. The Labute approximate surface area is 204 Å². The molecule has 2 fully saturated rings. The summed E-state index contributed by atoms with van der Waals surface area (Å²) in [5.74, 6) is 0.945. The third kappa shape index (κ3) is 5.53. The number of rotatable bonds is 8. The zero-order chi connectivity index (χ0) is 25.2. The molecule has 2 saturated heterocycles. The third-order valence-corrected chi connectivity index (χ3v) is 7.57. The van der Waals surface area contributed by atoms with Crippen molar-refractivity contribution in [3.63, 3.8) is 0 Å². The first-order valence-electron chi connectivity index (χ1n) is 11.3. The normalized spacial score (nSPS) is 23.7. The maximum absolute atomic E-state index is 13.1. The monoisotopic (exact) mass is 506 g/mol. The fourth-order valence-corrected chi connectivity index (χ4v) is 5.57. The lowest BCUT2D eigenvalue weighted by molar-refractivity contribution is 0.00883. The van der Waals surface area contributed by atoms with Crippen LogP contribution in [0.2, 0.25) is 0 Å². The smallest absolute Gasteiger partial charge is 0.412 e. The second-order valence-electron chi connectivity index (χ2n) is 8.69. The fraction of sp³-hybridized carbons (Fsp3) is 0.458. The van der Waals surface area contributed by atoms with Gasteiger partial charge in [0.15, 0.2) is 6.10 Å². The molecule has 4 atom stereocenters. The number of benzene rings is 2. The van der Waals surface area contributed by atoms with Gasteiger partial charge in [0.05, 0.1) is 33.5 Å². The summed E-state index contributed by atoms with van der Waals surface area (Å²) >= 11 is 0. The van der Waals surface area contributed by atoms with Crippen LogP contribution in [0.5, 0.6) is 11.5 Å². The van der Waals surface area contributed by atoms with Gasteiger partial charge in [-0.25, -0.2) is 17.9 Å². The van der Waals surface area contributed by atoms with Crippen LogP contribution in [-0.4, -0.2) is 66.3 Å². The summed E-state index contributed by atoms with van der Waals surface area (Å²) in [5, 5.41) is 2.70. The van der Waals surface area contributed by atoms with E-state index in [1.807, 2.05) is 24.3 Å². The predicted molar refractivity (Wildman–Crippen MR) is 128 cm³/mol. The largest absolute Gasteiger partial charge is 0.497 e. The van der Waals surface area contributed by atoms with Gasteiger partial charge in [-0.3, -0.25) is 5.32 Å². The molecule has 0 bridgehead atoms. The fourth-order valence-electron chi connectivity index (χ4n) is 4.16. The summed E-state index contributed by atoms with van der Waals surface area (Å²) in [4.78, 5) is 12.4. The highest BCUT2D eigenvalue weighted by atomic mass is 32.2. The van der Waals surface area contributed by atoms with Crippen molar-refractivity contribution < 1.29 is 36.9 Å². The molecule has 190 valence electrons. The second kappa shape index (κ2) is 10.4. The van der Waals surface area contributed by atoms with Crippen LogP contribution in [0.4, 0.5) is 10.5 Å². The molecule has 2 aliphatic rings. The molecule has 35 heavy (non-hydrogen) atoms. The van der Waals surface area contributed by atoms with Gasteiger partial charge in [0, 0.05) is 11.8 Å². The first kappa shape index (κ1) is 25.2. The number of sulfonamides is 1. The molecule has 11 heteroatoms. The summed E-state index contributed by atoms with van der Waals surface area (Å²) < 4.78 is 56.2. The van der Waals surface area contributed by atoms with Gasteiger partial charge in [0.1, 0.15) is 28.6 Å². The lowest BCUT2D eigenvalue weighted by Gasteiger charge is -2.19. The zero-order valence-corrected chi connectivity index (χ0v) is 20.8. The molecule has 0 aromatic heterocycles. The van der Waals surface area contributed by atoms with E-state index in [4.69, 9.17) is 23.7 Å². The van der Waals surface area contributed by atoms with E-state index in [1.165, 1.54) is 26.4 Å². The minimum atomic E-state index is -3.98. The Bertz CT molecular complexity index is 1150. The first-order chi connectivity index (χ1) is 16.7. The van der Waals surface area contributed by atoms with E-state index >= 15 is 0 Å². The Morgan fingerprint density at radius 1 is 1.00 bits per heavy atom. The highest BCUT2D eigenvalue weighted by Crippen LogP contribution is 2.32. The van der Waals surface area contributed by atoms with E-state index in [0.29, 0.717) is 17.4 Å². The molecule has 2 aliphatic heterocycles. The van der Waals surface area contributed by atoms with Gasteiger partial charge in [-0.2, -0.15) is 0 Å². The topological polar surface area (TPSA) is 121 Å². The molecule has 1 amide bonds. The van der Waals surface area contributed by atoms with Gasteiger partial charge in [-0.15, -0.1) is 0 Å². The molecule has 2 aromatic carbocycles. The molecule has 0 unspecified atom stereocenters. The minimum Gasteiger partial charge on any atom is -0.497 e. The van der Waals surface area contributed by atoms with E-state index in [0.717, 1.165) is 5.56 Å². The number of methoxy groups -OCH3 is 2. The van der Waals surface area contributed by atoms with Gasteiger partial charge < -0.3 is 23.7 Å². The van der Waals surface area contributed by atoms with Crippen LogP contribution in [-0.2, 0) is 24.2 Å². The summed E-state index contributed by atoms with van der Waals surface area (Å²) in [6.45, 7) is 4.35. The van der Waals surface area contributed by atoms with E-state index in [-0.39, 0.29) is 23.9 Å². The number of carbonyl (C=O) groups excluding carboxylic acids is 1. The van der Waals surface area contributed by atoms with E-state index in [2.05, 4.69) is 23.9 Å². The van der Waals surface area contributed by atoms with Crippen molar-refractivity contribution in [3.8, 4) is 11.5 Å². The Hall–Kier alpha value is -2.86. The Kier molecular flexibility index (Phi) is 7.50. The van der Waals surface area contributed by atoms with Crippen LogP contribution in [0, 0.1) is 0 Å². The average molecular weight is 507 g/mol. The highest BCUT2D eigenvalue weighted by molar-refractivity contribution is 7.89. The quantitative estimate of drug-likeness (QED) is 0.561. The number of amides is 1. The minimum absolute atomic E-state index is 0.0588. The SMILES string of the molecule is COc1ccc(OC)c(S(=O)(=O)N[C@H]2CO[C@H]3[C@@H]2OC[C@H]3OC(=O)Nc2ccc(C(C)C)cc2)c1. The lowest BCUT2D eigenvalue weighted by atomic mass is 10.0. The van der Waals surface area contributed by atoms with E-state index in [1.54, 1.807) is 6.07 Å². The molecule has 2 heterocycles. The van der Waals surface area contributed by atoms with Gasteiger partial charge in [0.2, 0.25) is 10.0 Å². The third-order valence-electron chi connectivity index (χ3n) is 6.06. The maximum atomic E-state index is 13.1. The molecule has 10 nitrogen and oxygen atoms in total. The summed E-state index contributed by atoms with van der Waals surface area (Å²) in [7, 11) is -1.14. The van der Waals surface area contributed by atoms with Gasteiger partial charge in [-0.05, 0) is 35.7 Å². The Morgan fingerprint density at radius 3 is 2.37 bits per heavy atom. The maximum Gasteiger partial charge on any atom is 0.412 e. The molecule has 0 aliphatic carbocycles. The molecular weight excluding hydrogens is 476 g/mol. The van der Waals surface area contributed by atoms with Crippen LogP contribution in [0.15, 0.2) is 47.4 Å². The van der Waals surface area contributed by atoms with E-state index < -0.39 is 40.5 Å². The number of hydrogen-bond donors (Lipinski definition) is 2. The van der Waals surface area contributed by atoms with Crippen molar-refractivity contribution in [2.45, 2.75) is 49.0 Å². The number of fused-ring (bicyclic) bond motifs is 1. The summed E-state index contributed by atoms with van der Waals surface area (Å²) in [6, 6.07) is 11.4.